The molecule has 0 saturated carbocycles. The van der Waals surface area contributed by atoms with E-state index in [0.717, 1.165) is 5.56 Å². The highest BCUT2D eigenvalue weighted by Crippen LogP contribution is 2.21. The van der Waals surface area contributed by atoms with E-state index < -0.39 is 6.04 Å². The van der Waals surface area contributed by atoms with E-state index >= 15 is 0 Å². The van der Waals surface area contributed by atoms with Crippen LogP contribution in [0.2, 0.25) is 5.02 Å². The average Bonchev–Trinajstić information content (AvgIpc) is 2.51. The molecule has 23 heavy (non-hydrogen) atoms. The number of anilines is 1. The van der Waals surface area contributed by atoms with Crippen molar-refractivity contribution < 1.29 is 9.18 Å². The fourth-order valence-corrected chi connectivity index (χ4v) is 2.51. The summed E-state index contributed by atoms with van der Waals surface area (Å²) in [4.78, 5) is 12.3. The number of aryl methyl sites for hydroxylation is 1. The summed E-state index contributed by atoms with van der Waals surface area (Å²) in [7, 11) is 0. The second kappa shape index (κ2) is 7.57. The number of carbonyl (C=O) groups excluding carboxylic acids is 1. The fourth-order valence-electron chi connectivity index (χ4n) is 2.34. The van der Waals surface area contributed by atoms with Gasteiger partial charge < -0.3 is 5.32 Å². The maximum absolute atomic E-state index is 13.8. The molecule has 0 aliphatic heterocycles. The minimum absolute atomic E-state index is 0.196. The average molecular weight is 335 g/mol. The molecule has 2 unspecified atom stereocenters. The SMILES string of the molecule is Cc1ccc(Cl)cc1NC(=O)C(C)NC(C)c1ccccc1F. The van der Waals surface area contributed by atoms with Crippen molar-refractivity contribution >= 4 is 23.2 Å². The number of amides is 1. The Morgan fingerprint density at radius 1 is 1.17 bits per heavy atom. The Morgan fingerprint density at radius 3 is 2.57 bits per heavy atom. The quantitative estimate of drug-likeness (QED) is 0.847. The lowest BCUT2D eigenvalue weighted by atomic mass is 10.1. The molecule has 0 fully saturated rings. The summed E-state index contributed by atoms with van der Waals surface area (Å²) in [5.41, 5.74) is 2.14. The van der Waals surface area contributed by atoms with E-state index in [1.165, 1.54) is 6.07 Å². The van der Waals surface area contributed by atoms with Crippen molar-refractivity contribution in [2.75, 3.05) is 5.32 Å². The molecule has 0 aliphatic rings. The van der Waals surface area contributed by atoms with Gasteiger partial charge in [-0.3, -0.25) is 10.1 Å². The Bertz CT molecular complexity index is 705. The van der Waals surface area contributed by atoms with Crippen LogP contribution in [0, 0.1) is 12.7 Å². The predicted molar refractivity (Wildman–Crippen MR) is 92.2 cm³/mol. The van der Waals surface area contributed by atoms with Gasteiger partial charge in [0.05, 0.1) is 6.04 Å². The maximum atomic E-state index is 13.8. The van der Waals surface area contributed by atoms with Crippen LogP contribution in [-0.4, -0.2) is 11.9 Å². The summed E-state index contributed by atoms with van der Waals surface area (Å²) in [5.74, 6) is -0.482. The van der Waals surface area contributed by atoms with Crippen LogP contribution in [0.4, 0.5) is 10.1 Å². The highest BCUT2D eigenvalue weighted by Gasteiger charge is 2.18. The lowest BCUT2D eigenvalue weighted by Gasteiger charge is -2.21. The van der Waals surface area contributed by atoms with Gasteiger partial charge in [-0.15, -0.1) is 0 Å². The van der Waals surface area contributed by atoms with Gasteiger partial charge >= 0.3 is 0 Å². The molecular formula is C18H20ClFN2O. The zero-order chi connectivity index (χ0) is 17.0. The summed E-state index contributed by atoms with van der Waals surface area (Å²) in [6.07, 6.45) is 0. The van der Waals surface area contributed by atoms with Gasteiger partial charge in [-0.05, 0) is 44.5 Å². The molecule has 0 spiro atoms. The van der Waals surface area contributed by atoms with E-state index in [9.17, 15) is 9.18 Å². The number of hydrogen-bond donors (Lipinski definition) is 2. The predicted octanol–water partition coefficient (Wildman–Crippen LogP) is 4.47. The molecule has 2 N–H and O–H groups in total. The summed E-state index contributed by atoms with van der Waals surface area (Å²) in [6.45, 7) is 5.46. The van der Waals surface area contributed by atoms with Gasteiger partial charge in [0, 0.05) is 22.3 Å². The molecule has 2 atom stereocenters. The Labute approximate surface area is 140 Å². The molecule has 5 heteroatoms. The second-order valence-corrected chi connectivity index (χ2v) is 6.02. The third-order valence-electron chi connectivity index (χ3n) is 3.72. The fraction of sp³-hybridized carbons (Fsp3) is 0.278. The van der Waals surface area contributed by atoms with Crippen LogP contribution in [0.15, 0.2) is 42.5 Å². The van der Waals surface area contributed by atoms with Crippen molar-refractivity contribution in [3.63, 3.8) is 0 Å². The van der Waals surface area contributed by atoms with Crippen LogP contribution >= 0.6 is 11.6 Å². The first-order chi connectivity index (χ1) is 10.9. The first-order valence-electron chi connectivity index (χ1n) is 7.46. The Balaban J connectivity index is 2.02. The molecule has 3 nitrogen and oxygen atoms in total. The minimum atomic E-state index is -0.483. The topological polar surface area (TPSA) is 41.1 Å². The van der Waals surface area contributed by atoms with Gasteiger partial charge in [0.1, 0.15) is 5.82 Å². The summed E-state index contributed by atoms with van der Waals surface area (Å²) >= 11 is 5.95. The van der Waals surface area contributed by atoms with Gasteiger partial charge in [-0.2, -0.15) is 0 Å². The highest BCUT2D eigenvalue weighted by atomic mass is 35.5. The van der Waals surface area contributed by atoms with Crippen LogP contribution < -0.4 is 10.6 Å². The normalized spacial score (nSPS) is 13.4. The molecule has 0 radical (unpaired) electrons. The van der Waals surface area contributed by atoms with Gasteiger partial charge in [0.25, 0.3) is 0 Å². The molecule has 2 rings (SSSR count). The molecule has 0 saturated heterocycles. The summed E-state index contributed by atoms with van der Waals surface area (Å²) < 4.78 is 13.8. The molecule has 0 bridgehead atoms. The van der Waals surface area contributed by atoms with Crippen LogP contribution in [0.5, 0.6) is 0 Å². The standard InChI is InChI=1S/C18H20ClFN2O/c1-11-8-9-14(19)10-17(11)22-18(23)13(3)21-12(2)15-6-4-5-7-16(15)20/h4-10,12-13,21H,1-3H3,(H,22,23). The van der Waals surface area contributed by atoms with E-state index in [1.807, 2.05) is 19.9 Å². The largest absolute Gasteiger partial charge is 0.324 e. The van der Waals surface area contributed by atoms with Crippen molar-refractivity contribution in [3.05, 3.63) is 64.4 Å². The zero-order valence-corrected chi connectivity index (χ0v) is 14.1. The van der Waals surface area contributed by atoms with E-state index in [0.29, 0.717) is 16.3 Å². The Kier molecular flexibility index (Phi) is 5.74. The lowest BCUT2D eigenvalue weighted by molar-refractivity contribution is -0.117. The monoisotopic (exact) mass is 334 g/mol. The number of halogens is 2. The van der Waals surface area contributed by atoms with Crippen molar-refractivity contribution in [2.24, 2.45) is 0 Å². The van der Waals surface area contributed by atoms with Crippen molar-refractivity contribution in [1.29, 1.82) is 0 Å². The van der Waals surface area contributed by atoms with Crippen molar-refractivity contribution in [3.8, 4) is 0 Å². The zero-order valence-electron chi connectivity index (χ0n) is 13.4. The third kappa shape index (κ3) is 4.53. The lowest BCUT2D eigenvalue weighted by Crippen LogP contribution is -2.39. The van der Waals surface area contributed by atoms with Crippen LogP contribution in [0.1, 0.15) is 31.0 Å². The van der Waals surface area contributed by atoms with Gasteiger partial charge in [-0.1, -0.05) is 35.9 Å². The van der Waals surface area contributed by atoms with Crippen molar-refractivity contribution in [1.82, 2.24) is 5.32 Å². The highest BCUT2D eigenvalue weighted by molar-refractivity contribution is 6.31. The molecule has 0 aromatic heterocycles. The van der Waals surface area contributed by atoms with Crippen molar-refractivity contribution in [2.45, 2.75) is 32.9 Å². The number of hydrogen-bond acceptors (Lipinski definition) is 2. The second-order valence-electron chi connectivity index (χ2n) is 5.58. The van der Waals surface area contributed by atoms with E-state index in [4.69, 9.17) is 11.6 Å². The molecule has 1 amide bonds. The maximum Gasteiger partial charge on any atom is 0.241 e. The summed E-state index contributed by atoms with van der Waals surface area (Å²) in [6, 6.07) is 11.1. The van der Waals surface area contributed by atoms with E-state index in [1.54, 1.807) is 37.3 Å². The number of rotatable bonds is 5. The minimum Gasteiger partial charge on any atom is -0.324 e. The van der Waals surface area contributed by atoms with Gasteiger partial charge in [0.15, 0.2) is 0 Å². The van der Waals surface area contributed by atoms with E-state index in [2.05, 4.69) is 10.6 Å². The van der Waals surface area contributed by atoms with Crippen LogP contribution in [-0.2, 0) is 4.79 Å². The number of carbonyl (C=O) groups is 1. The smallest absolute Gasteiger partial charge is 0.241 e. The molecular weight excluding hydrogens is 315 g/mol. The molecule has 2 aromatic carbocycles. The molecule has 0 heterocycles. The number of nitrogens with one attached hydrogen (secondary N) is 2. The van der Waals surface area contributed by atoms with Crippen LogP contribution in [0.25, 0.3) is 0 Å². The van der Waals surface area contributed by atoms with Gasteiger partial charge in [-0.25, -0.2) is 4.39 Å². The van der Waals surface area contributed by atoms with Crippen LogP contribution in [0.3, 0.4) is 0 Å². The molecule has 0 aliphatic carbocycles. The number of benzene rings is 2. The third-order valence-corrected chi connectivity index (χ3v) is 3.96. The van der Waals surface area contributed by atoms with E-state index in [-0.39, 0.29) is 17.8 Å². The van der Waals surface area contributed by atoms with Gasteiger partial charge in [0.2, 0.25) is 5.91 Å². The molecule has 2 aromatic rings. The molecule has 122 valence electrons. The Morgan fingerprint density at radius 2 is 1.87 bits per heavy atom. The summed E-state index contributed by atoms with van der Waals surface area (Å²) in [5, 5.41) is 6.51. The Hall–Kier alpha value is -1.91. The first-order valence-corrected chi connectivity index (χ1v) is 7.83. The first kappa shape index (κ1) is 17.4.